The number of aromatic nitrogens is 2. The molecule has 0 atom stereocenters. The predicted octanol–water partition coefficient (Wildman–Crippen LogP) is 0.474. The molecule has 0 spiro atoms. The zero-order chi connectivity index (χ0) is 14.5. The maximum absolute atomic E-state index is 2.24. The number of hydrogen-bond acceptors (Lipinski definition) is 0. The standard InChI is InChI=1S/C20H14N2.HI/c1-3-9-21-13-19-15(11-17(21)5-1)7-8-16-12-18-6-2-4-10-22(18)14-20(16)19;/h1-14H;1H/q+2;/p-1. The molecule has 110 valence electrons. The lowest BCUT2D eigenvalue weighted by molar-refractivity contribution is -0.511. The van der Waals surface area contributed by atoms with Gasteiger partial charge in [0.1, 0.15) is 0 Å². The first-order valence-corrected chi connectivity index (χ1v) is 7.45. The summed E-state index contributed by atoms with van der Waals surface area (Å²) in [5, 5.41) is 5.10. The molecule has 5 aromatic rings. The Kier molecular flexibility index (Phi) is 3.38. The quantitative estimate of drug-likeness (QED) is 0.152. The van der Waals surface area contributed by atoms with E-state index in [-0.39, 0.29) is 24.0 Å². The minimum atomic E-state index is 0. The molecule has 1 aromatic carbocycles. The molecule has 0 aliphatic heterocycles. The Bertz CT molecular complexity index is 1090. The van der Waals surface area contributed by atoms with Crippen molar-refractivity contribution in [3.8, 4) is 0 Å². The third-order valence-corrected chi connectivity index (χ3v) is 4.34. The zero-order valence-electron chi connectivity index (χ0n) is 12.4. The molecule has 0 radical (unpaired) electrons. The number of pyridine rings is 4. The zero-order valence-corrected chi connectivity index (χ0v) is 14.5. The molecule has 0 saturated carbocycles. The highest BCUT2D eigenvalue weighted by Gasteiger charge is 2.11. The Morgan fingerprint density at radius 1 is 0.565 bits per heavy atom. The van der Waals surface area contributed by atoms with E-state index in [1.54, 1.807) is 0 Å². The van der Waals surface area contributed by atoms with Crippen molar-refractivity contribution in [2.45, 2.75) is 0 Å². The summed E-state index contributed by atoms with van der Waals surface area (Å²) in [5.74, 6) is 0. The van der Waals surface area contributed by atoms with Crippen molar-refractivity contribution in [1.29, 1.82) is 0 Å². The molecule has 5 rings (SSSR count). The fraction of sp³-hybridized carbons (Fsp3) is 0. The third kappa shape index (κ3) is 2.23. The van der Waals surface area contributed by atoms with Gasteiger partial charge in [0.05, 0.1) is 10.8 Å². The Hall–Kier alpha value is -2.27. The van der Waals surface area contributed by atoms with Crippen molar-refractivity contribution in [2.24, 2.45) is 0 Å². The molecule has 3 heteroatoms. The highest BCUT2D eigenvalue weighted by atomic mass is 127. The lowest BCUT2D eigenvalue weighted by Crippen LogP contribution is -3.00. The summed E-state index contributed by atoms with van der Waals surface area (Å²) in [5.41, 5.74) is 2.42. The fourth-order valence-corrected chi connectivity index (χ4v) is 3.22. The summed E-state index contributed by atoms with van der Waals surface area (Å²) >= 11 is 0. The maximum atomic E-state index is 2.24. The normalized spacial score (nSPS) is 11.1. The molecule has 0 saturated heterocycles. The van der Waals surface area contributed by atoms with Gasteiger partial charge in [0.15, 0.2) is 24.8 Å². The molecule has 0 aliphatic carbocycles. The van der Waals surface area contributed by atoms with E-state index in [9.17, 15) is 0 Å². The van der Waals surface area contributed by atoms with Gasteiger partial charge < -0.3 is 24.0 Å². The van der Waals surface area contributed by atoms with Gasteiger partial charge in [-0.15, -0.1) is 0 Å². The minimum Gasteiger partial charge on any atom is -1.00 e. The van der Waals surface area contributed by atoms with Gasteiger partial charge in [-0.2, -0.15) is 8.80 Å². The van der Waals surface area contributed by atoms with Crippen LogP contribution >= 0.6 is 0 Å². The van der Waals surface area contributed by atoms with Crippen LogP contribution in [-0.4, -0.2) is 0 Å². The van der Waals surface area contributed by atoms with E-state index in [1.165, 1.54) is 32.6 Å². The van der Waals surface area contributed by atoms with Crippen molar-refractivity contribution in [1.82, 2.24) is 0 Å². The summed E-state index contributed by atoms with van der Waals surface area (Å²) in [7, 11) is 0. The number of fused-ring (bicyclic) bond motifs is 5. The summed E-state index contributed by atoms with van der Waals surface area (Å²) in [6.45, 7) is 0. The van der Waals surface area contributed by atoms with Gasteiger partial charge in [0.25, 0.3) is 0 Å². The smallest absolute Gasteiger partial charge is 0.211 e. The van der Waals surface area contributed by atoms with Crippen LogP contribution in [0.2, 0.25) is 0 Å². The fourth-order valence-electron chi connectivity index (χ4n) is 3.22. The Balaban J connectivity index is 0.00000135. The summed E-state index contributed by atoms with van der Waals surface area (Å²) in [6, 6.07) is 21.5. The van der Waals surface area contributed by atoms with E-state index in [0.717, 1.165) is 0 Å². The molecular weight excluding hydrogens is 395 g/mol. The van der Waals surface area contributed by atoms with Gasteiger partial charge in [-0.3, -0.25) is 0 Å². The van der Waals surface area contributed by atoms with Crippen LogP contribution in [0, 0.1) is 0 Å². The van der Waals surface area contributed by atoms with E-state index in [0.29, 0.717) is 0 Å². The highest BCUT2D eigenvalue weighted by Crippen LogP contribution is 2.24. The van der Waals surface area contributed by atoms with Gasteiger partial charge >= 0.3 is 0 Å². The molecule has 2 nitrogen and oxygen atoms in total. The van der Waals surface area contributed by atoms with Crippen molar-refractivity contribution in [3.05, 3.63) is 85.5 Å². The lowest BCUT2D eigenvalue weighted by atomic mass is 10.0. The Morgan fingerprint density at radius 3 is 1.52 bits per heavy atom. The Morgan fingerprint density at radius 2 is 1.04 bits per heavy atom. The average Bonchev–Trinajstić information content (AvgIpc) is 2.58. The number of nitrogens with zero attached hydrogens (tertiary/aromatic N) is 2. The first-order valence-electron chi connectivity index (χ1n) is 7.45. The molecule has 0 N–H and O–H groups in total. The minimum absolute atomic E-state index is 0. The summed E-state index contributed by atoms with van der Waals surface area (Å²) in [6.07, 6.45) is 8.65. The number of hydrogen-bond donors (Lipinski definition) is 0. The van der Waals surface area contributed by atoms with Crippen LogP contribution in [0.1, 0.15) is 0 Å². The molecule has 0 aliphatic rings. The largest absolute Gasteiger partial charge is 1.00 e. The average molecular weight is 409 g/mol. The Labute approximate surface area is 150 Å². The molecule has 4 aromatic heterocycles. The van der Waals surface area contributed by atoms with E-state index >= 15 is 0 Å². The summed E-state index contributed by atoms with van der Waals surface area (Å²) in [4.78, 5) is 0. The van der Waals surface area contributed by atoms with Crippen molar-refractivity contribution >= 4 is 32.6 Å². The molecule has 0 amide bonds. The molecule has 23 heavy (non-hydrogen) atoms. The highest BCUT2D eigenvalue weighted by molar-refractivity contribution is 6.07. The van der Waals surface area contributed by atoms with Crippen molar-refractivity contribution in [3.63, 3.8) is 0 Å². The van der Waals surface area contributed by atoms with Gasteiger partial charge in [-0.05, 0) is 22.9 Å². The molecule has 0 fully saturated rings. The van der Waals surface area contributed by atoms with Crippen LogP contribution in [0.25, 0.3) is 32.6 Å². The second-order valence-electron chi connectivity index (χ2n) is 5.68. The van der Waals surface area contributed by atoms with Crippen molar-refractivity contribution < 1.29 is 32.8 Å². The second-order valence-corrected chi connectivity index (χ2v) is 5.68. The van der Waals surface area contributed by atoms with E-state index in [4.69, 9.17) is 0 Å². The van der Waals surface area contributed by atoms with Crippen LogP contribution in [-0.2, 0) is 0 Å². The first-order chi connectivity index (χ1) is 10.9. The first kappa shape index (κ1) is 14.3. The van der Waals surface area contributed by atoms with Crippen LogP contribution in [0.4, 0.5) is 0 Å². The molecule has 0 unspecified atom stereocenters. The molecular formula is C20H14IN2+. The number of rotatable bonds is 0. The van der Waals surface area contributed by atoms with Crippen LogP contribution < -0.4 is 32.8 Å². The third-order valence-electron chi connectivity index (χ3n) is 4.34. The number of halogens is 1. The van der Waals surface area contributed by atoms with E-state index in [2.05, 4.69) is 94.3 Å². The maximum Gasteiger partial charge on any atom is 0.211 e. The van der Waals surface area contributed by atoms with Crippen LogP contribution in [0.3, 0.4) is 0 Å². The number of benzene rings is 1. The lowest BCUT2D eigenvalue weighted by Gasteiger charge is -2.02. The summed E-state index contributed by atoms with van der Waals surface area (Å²) < 4.78 is 4.36. The predicted molar refractivity (Wildman–Crippen MR) is 87.8 cm³/mol. The van der Waals surface area contributed by atoms with Crippen molar-refractivity contribution in [2.75, 3.05) is 0 Å². The van der Waals surface area contributed by atoms with E-state index in [1.807, 2.05) is 0 Å². The monoisotopic (exact) mass is 409 g/mol. The molecule has 0 bridgehead atoms. The van der Waals surface area contributed by atoms with Gasteiger partial charge in [0, 0.05) is 36.4 Å². The topological polar surface area (TPSA) is 8.20 Å². The van der Waals surface area contributed by atoms with Gasteiger partial charge in [0.2, 0.25) is 11.0 Å². The second kappa shape index (κ2) is 5.42. The van der Waals surface area contributed by atoms with Crippen LogP contribution in [0.15, 0.2) is 85.5 Å². The van der Waals surface area contributed by atoms with Gasteiger partial charge in [-0.25, -0.2) is 0 Å². The SMILES string of the molecule is [I-].c1cc[n+]2cc3c(ccc4cc5cccc[n+]5cc43)cc2c1. The molecule has 4 heterocycles. The van der Waals surface area contributed by atoms with Gasteiger partial charge in [-0.1, -0.05) is 12.1 Å². The van der Waals surface area contributed by atoms with E-state index < -0.39 is 0 Å². The van der Waals surface area contributed by atoms with Crippen LogP contribution in [0.5, 0.6) is 0 Å².